The van der Waals surface area contributed by atoms with Crippen LogP contribution >= 0.6 is 11.6 Å². The quantitative estimate of drug-likeness (QED) is 0.941. The van der Waals surface area contributed by atoms with Crippen molar-refractivity contribution in [2.45, 2.75) is 39.8 Å². The van der Waals surface area contributed by atoms with Gasteiger partial charge in [-0.25, -0.2) is 0 Å². The Bertz CT molecular complexity index is 636. The number of rotatable bonds is 3. The van der Waals surface area contributed by atoms with Crippen LogP contribution in [0.25, 0.3) is 0 Å². The highest BCUT2D eigenvalue weighted by Gasteiger charge is 2.38. The zero-order chi connectivity index (χ0) is 14.3. The molecule has 0 saturated heterocycles. The number of fused-ring (bicyclic) bond motifs is 1. The van der Waals surface area contributed by atoms with Crippen LogP contribution in [0.2, 0.25) is 5.02 Å². The van der Waals surface area contributed by atoms with Gasteiger partial charge in [0.1, 0.15) is 0 Å². The molecule has 5 heteroatoms. The van der Waals surface area contributed by atoms with E-state index in [0.29, 0.717) is 18.3 Å². The van der Waals surface area contributed by atoms with Gasteiger partial charge in [-0.05, 0) is 35.1 Å². The summed E-state index contributed by atoms with van der Waals surface area (Å²) in [4.78, 5) is 4.23. The summed E-state index contributed by atoms with van der Waals surface area (Å²) in [7, 11) is 0. The summed E-state index contributed by atoms with van der Waals surface area (Å²) >= 11 is 6.13. The van der Waals surface area contributed by atoms with Crippen LogP contribution in [0.4, 0.5) is 0 Å². The van der Waals surface area contributed by atoms with Gasteiger partial charge in [0, 0.05) is 18.0 Å². The normalized spacial score (nSPS) is 20.1. The van der Waals surface area contributed by atoms with E-state index >= 15 is 0 Å². The van der Waals surface area contributed by atoms with Gasteiger partial charge in [0.2, 0.25) is 5.89 Å². The van der Waals surface area contributed by atoms with Crippen molar-refractivity contribution in [3.63, 3.8) is 0 Å². The highest BCUT2D eigenvalue weighted by molar-refractivity contribution is 6.30. The molecule has 1 aliphatic rings. The Balaban J connectivity index is 1.83. The zero-order valence-corrected chi connectivity index (χ0v) is 12.7. The summed E-state index contributed by atoms with van der Waals surface area (Å²) in [6.07, 6.45) is 1.04. The Kier molecular flexibility index (Phi) is 3.30. The maximum Gasteiger partial charge on any atom is 0.223 e. The number of hydrogen-bond acceptors (Lipinski definition) is 4. The molecule has 1 aromatic heterocycles. The van der Waals surface area contributed by atoms with E-state index in [1.54, 1.807) is 6.92 Å². The molecule has 3 rings (SSSR count). The van der Waals surface area contributed by atoms with E-state index in [1.807, 2.05) is 6.07 Å². The first-order chi connectivity index (χ1) is 9.45. The Hall–Kier alpha value is -1.39. The van der Waals surface area contributed by atoms with E-state index in [9.17, 15) is 0 Å². The predicted octanol–water partition coefficient (Wildman–Crippen LogP) is 3.44. The third-order valence-electron chi connectivity index (χ3n) is 3.88. The van der Waals surface area contributed by atoms with Gasteiger partial charge >= 0.3 is 0 Å². The minimum atomic E-state index is 0.145. The number of hydrogen-bond donors (Lipinski definition) is 1. The van der Waals surface area contributed by atoms with E-state index in [4.69, 9.17) is 16.1 Å². The monoisotopic (exact) mass is 291 g/mol. The average molecular weight is 292 g/mol. The molecule has 1 atom stereocenters. The first-order valence-electron chi connectivity index (χ1n) is 6.76. The topological polar surface area (TPSA) is 51.0 Å². The Morgan fingerprint density at radius 2 is 2.25 bits per heavy atom. The van der Waals surface area contributed by atoms with E-state index in [-0.39, 0.29) is 11.5 Å². The van der Waals surface area contributed by atoms with Gasteiger partial charge in [-0.2, -0.15) is 4.98 Å². The van der Waals surface area contributed by atoms with Crippen LogP contribution in [-0.4, -0.2) is 10.1 Å². The lowest BCUT2D eigenvalue weighted by Gasteiger charge is -2.28. The maximum absolute atomic E-state index is 6.13. The van der Waals surface area contributed by atoms with Crippen molar-refractivity contribution in [3.8, 4) is 0 Å². The summed E-state index contributed by atoms with van der Waals surface area (Å²) in [5.41, 5.74) is 2.79. The van der Waals surface area contributed by atoms with Crippen molar-refractivity contribution in [1.29, 1.82) is 0 Å². The fraction of sp³-hybridized carbons (Fsp3) is 0.467. The second kappa shape index (κ2) is 4.86. The second-order valence-electron chi connectivity index (χ2n) is 6.05. The Morgan fingerprint density at radius 3 is 2.95 bits per heavy atom. The molecule has 0 aliphatic heterocycles. The molecule has 1 heterocycles. The third-order valence-corrected chi connectivity index (χ3v) is 4.12. The van der Waals surface area contributed by atoms with Crippen LogP contribution in [-0.2, 0) is 13.0 Å². The molecule has 1 N–H and O–H groups in total. The summed E-state index contributed by atoms with van der Waals surface area (Å²) in [5, 5.41) is 8.25. The number of benzene rings is 1. The fourth-order valence-electron chi connectivity index (χ4n) is 3.00. The Labute approximate surface area is 123 Å². The molecule has 0 bridgehead atoms. The third kappa shape index (κ3) is 2.45. The number of nitrogens with one attached hydrogen (secondary N) is 1. The molecule has 2 aromatic rings. The van der Waals surface area contributed by atoms with Crippen LogP contribution in [0.5, 0.6) is 0 Å². The molecule has 0 radical (unpaired) electrons. The fourth-order valence-corrected chi connectivity index (χ4v) is 3.18. The smallest absolute Gasteiger partial charge is 0.223 e. The van der Waals surface area contributed by atoms with E-state index in [0.717, 1.165) is 11.4 Å². The first kappa shape index (κ1) is 13.6. The minimum Gasteiger partial charge on any atom is -0.340 e. The second-order valence-corrected chi connectivity index (χ2v) is 6.49. The molecular weight excluding hydrogens is 274 g/mol. The molecular formula is C15H18ClN3O. The van der Waals surface area contributed by atoms with Crippen molar-refractivity contribution in [2.75, 3.05) is 0 Å². The number of aromatic nitrogens is 2. The van der Waals surface area contributed by atoms with Gasteiger partial charge in [0.25, 0.3) is 0 Å². The van der Waals surface area contributed by atoms with Gasteiger partial charge in [0.05, 0.1) is 6.54 Å². The molecule has 1 unspecified atom stereocenters. The standard InChI is InChI=1S/C15H18ClN3O/c1-9-18-13(19-20-9)8-17-14-12-6-11(16)5-4-10(12)7-15(14,2)3/h4-6,14,17H,7-8H2,1-3H3. The van der Waals surface area contributed by atoms with E-state index in [1.165, 1.54) is 11.1 Å². The molecule has 0 fully saturated rings. The summed E-state index contributed by atoms with van der Waals surface area (Å²) in [5.74, 6) is 1.28. The van der Waals surface area contributed by atoms with Crippen LogP contribution in [0, 0.1) is 12.3 Å². The van der Waals surface area contributed by atoms with Crippen LogP contribution in [0.3, 0.4) is 0 Å². The minimum absolute atomic E-state index is 0.145. The lowest BCUT2D eigenvalue weighted by atomic mass is 9.85. The van der Waals surface area contributed by atoms with E-state index < -0.39 is 0 Å². The van der Waals surface area contributed by atoms with Crippen molar-refractivity contribution in [2.24, 2.45) is 5.41 Å². The summed E-state index contributed by atoms with van der Waals surface area (Å²) in [6, 6.07) is 6.39. The van der Waals surface area contributed by atoms with Gasteiger partial charge in [-0.15, -0.1) is 0 Å². The number of nitrogens with zero attached hydrogens (tertiary/aromatic N) is 2. The van der Waals surface area contributed by atoms with Crippen LogP contribution in [0.1, 0.15) is 42.7 Å². The summed E-state index contributed by atoms with van der Waals surface area (Å²) < 4.78 is 5.00. The highest BCUT2D eigenvalue weighted by atomic mass is 35.5. The van der Waals surface area contributed by atoms with Crippen LogP contribution in [0.15, 0.2) is 22.7 Å². The predicted molar refractivity (Wildman–Crippen MR) is 77.6 cm³/mol. The molecule has 20 heavy (non-hydrogen) atoms. The highest BCUT2D eigenvalue weighted by Crippen LogP contribution is 2.45. The molecule has 0 spiro atoms. The lowest BCUT2D eigenvalue weighted by Crippen LogP contribution is -2.31. The van der Waals surface area contributed by atoms with Crippen molar-refractivity contribution >= 4 is 11.6 Å². The number of aryl methyl sites for hydroxylation is 1. The molecule has 0 saturated carbocycles. The molecule has 1 aromatic carbocycles. The number of halogens is 1. The summed E-state index contributed by atoms with van der Waals surface area (Å²) in [6.45, 7) is 6.92. The Morgan fingerprint density at radius 1 is 1.45 bits per heavy atom. The molecule has 1 aliphatic carbocycles. The van der Waals surface area contributed by atoms with Gasteiger partial charge < -0.3 is 9.84 Å². The van der Waals surface area contributed by atoms with Gasteiger partial charge in [-0.3, -0.25) is 0 Å². The largest absolute Gasteiger partial charge is 0.340 e. The van der Waals surface area contributed by atoms with Crippen molar-refractivity contribution < 1.29 is 4.52 Å². The SMILES string of the molecule is Cc1nc(CNC2c3cc(Cl)ccc3CC2(C)C)no1. The average Bonchev–Trinajstić information content (AvgIpc) is 2.87. The first-order valence-corrected chi connectivity index (χ1v) is 7.14. The van der Waals surface area contributed by atoms with Crippen molar-refractivity contribution in [3.05, 3.63) is 46.1 Å². The van der Waals surface area contributed by atoms with Crippen molar-refractivity contribution in [1.82, 2.24) is 15.5 Å². The zero-order valence-electron chi connectivity index (χ0n) is 11.9. The molecule has 106 valence electrons. The van der Waals surface area contributed by atoms with Gasteiger partial charge in [-0.1, -0.05) is 36.7 Å². The maximum atomic E-state index is 6.13. The van der Waals surface area contributed by atoms with E-state index in [2.05, 4.69) is 41.4 Å². The lowest BCUT2D eigenvalue weighted by molar-refractivity contribution is 0.265. The molecule has 0 amide bonds. The van der Waals surface area contributed by atoms with Crippen LogP contribution < -0.4 is 5.32 Å². The molecule has 4 nitrogen and oxygen atoms in total. The van der Waals surface area contributed by atoms with Gasteiger partial charge in [0.15, 0.2) is 5.82 Å².